The average Bonchev–Trinajstić information content (AvgIpc) is 2.75. The molecule has 1 aliphatic rings. The molecule has 1 fully saturated rings. The normalized spacial score (nSPS) is 17.1. The monoisotopic (exact) mass is 397 g/mol. The van der Waals surface area contributed by atoms with Crippen molar-refractivity contribution in [2.45, 2.75) is 19.6 Å². The highest BCUT2D eigenvalue weighted by Crippen LogP contribution is 2.16. The van der Waals surface area contributed by atoms with E-state index < -0.39 is 0 Å². The third kappa shape index (κ3) is 6.35. The molecule has 0 bridgehead atoms. The molecule has 2 aromatic rings. The molecule has 29 heavy (non-hydrogen) atoms. The highest BCUT2D eigenvalue weighted by Gasteiger charge is 2.18. The van der Waals surface area contributed by atoms with Crippen LogP contribution in [0.2, 0.25) is 0 Å². The summed E-state index contributed by atoms with van der Waals surface area (Å²) in [6.45, 7) is 6.60. The zero-order valence-electron chi connectivity index (χ0n) is 17.5. The lowest BCUT2D eigenvalue weighted by molar-refractivity contribution is 0.0529. The molecule has 7 nitrogen and oxygen atoms in total. The highest BCUT2D eigenvalue weighted by atomic mass is 16.5. The number of anilines is 1. The first-order chi connectivity index (χ1) is 14.2. The second-order valence-corrected chi connectivity index (χ2v) is 7.13. The van der Waals surface area contributed by atoms with E-state index in [0.717, 1.165) is 43.8 Å². The van der Waals surface area contributed by atoms with Gasteiger partial charge in [0.25, 0.3) is 0 Å². The molecule has 0 aliphatic carbocycles. The number of rotatable bonds is 7. The molecule has 0 saturated carbocycles. The van der Waals surface area contributed by atoms with Crippen molar-refractivity contribution in [1.29, 1.82) is 0 Å². The Balaban J connectivity index is 1.49. The minimum Gasteiger partial charge on any atom is -0.492 e. The molecule has 1 atom stereocenters. The number of nitrogens with zero attached hydrogens (tertiary/aromatic N) is 4. The number of aromatic nitrogens is 1. The molecule has 0 radical (unpaired) electrons. The molecule has 156 valence electrons. The topological polar surface area (TPSA) is 62.2 Å². The van der Waals surface area contributed by atoms with Crippen LogP contribution in [0.4, 0.5) is 5.82 Å². The summed E-state index contributed by atoms with van der Waals surface area (Å²) in [5, 5.41) is 3.42. The molecule has 3 rings (SSSR count). The lowest BCUT2D eigenvalue weighted by Crippen LogP contribution is -2.42. The summed E-state index contributed by atoms with van der Waals surface area (Å²) >= 11 is 0. The molecule has 1 unspecified atom stereocenters. The van der Waals surface area contributed by atoms with E-state index in [9.17, 15) is 0 Å². The van der Waals surface area contributed by atoms with Crippen molar-refractivity contribution in [3.05, 3.63) is 54.2 Å². The number of hydrogen-bond donors (Lipinski definition) is 1. The zero-order valence-corrected chi connectivity index (χ0v) is 17.5. The van der Waals surface area contributed by atoms with Gasteiger partial charge in [-0.05, 0) is 36.8 Å². The number of likely N-dealkylation sites (N-methyl/N-ethyl adjacent to an activating group) is 1. The van der Waals surface area contributed by atoms with E-state index in [2.05, 4.69) is 38.1 Å². The van der Waals surface area contributed by atoms with E-state index in [-0.39, 0.29) is 6.10 Å². The Hall–Kier alpha value is -2.80. The van der Waals surface area contributed by atoms with Crippen molar-refractivity contribution in [3.8, 4) is 5.75 Å². The van der Waals surface area contributed by atoms with Crippen LogP contribution in [-0.4, -0.2) is 68.9 Å². The Labute approximate surface area is 173 Å². The molecular formula is C22H31N5O2. The number of benzene rings is 1. The third-order valence-corrected chi connectivity index (χ3v) is 4.84. The van der Waals surface area contributed by atoms with Crippen molar-refractivity contribution >= 4 is 11.8 Å². The fourth-order valence-corrected chi connectivity index (χ4v) is 3.26. The number of aliphatic imine (C=N–C) groups is 1. The lowest BCUT2D eigenvalue weighted by Gasteiger charge is -2.32. The molecule has 1 N–H and O–H groups in total. The fourth-order valence-electron chi connectivity index (χ4n) is 3.26. The van der Waals surface area contributed by atoms with Crippen LogP contribution in [0, 0.1) is 0 Å². The van der Waals surface area contributed by atoms with Crippen LogP contribution < -0.4 is 15.0 Å². The van der Waals surface area contributed by atoms with Gasteiger partial charge >= 0.3 is 0 Å². The minimum absolute atomic E-state index is 0.234. The molecule has 2 heterocycles. The van der Waals surface area contributed by atoms with Crippen LogP contribution in [0.5, 0.6) is 5.75 Å². The Morgan fingerprint density at radius 1 is 1.34 bits per heavy atom. The van der Waals surface area contributed by atoms with Crippen molar-refractivity contribution in [2.24, 2.45) is 4.99 Å². The molecule has 1 aromatic heterocycles. The standard InChI is InChI=1S/C22H31N5O2/c1-18-17-27(12-14-28-18)21-15-19(9-10-24-21)16-25-22(23-2)26(3)11-13-29-20-7-5-4-6-8-20/h4-10,15,18H,11-14,16-17H2,1-3H3,(H,23,25). The number of pyridine rings is 1. The third-order valence-electron chi connectivity index (χ3n) is 4.84. The first kappa shape index (κ1) is 20.9. The Bertz CT molecular complexity index is 784. The summed E-state index contributed by atoms with van der Waals surface area (Å²) in [4.78, 5) is 13.3. The van der Waals surface area contributed by atoms with Gasteiger partial charge < -0.3 is 24.6 Å². The van der Waals surface area contributed by atoms with Crippen molar-refractivity contribution in [1.82, 2.24) is 15.2 Å². The van der Waals surface area contributed by atoms with Gasteiger partial charge in [0.2, 0.25) is 0 Å². The predicted octanol–water partition coefficient (Wildman–Crippen LogP) is 2.39. The van der Waals surface area contributed by atoms with Gasteiger partial charge in [-0.3, -0.25) is 4.99 Å². The van der Waals surface area contributed by atoms with E-state index in [1.54, 1.807) is 7.05 Å². The van der Waals surface area contributed by atoms with E-state index in [1.807, 2.05) is 49.6 Å². The number of nitrogens with one attached hydrogen (secondary N) is 1. The van der Waals surface area contributed by atoms with Crippen molar-refractivity contribution in [3.63, 3.8) is 0 Å². The summed E-state index contributed by atoms with van der Waals surface area (Å²) in [5.74, 6) is 2.71. The Morgan fingerprint density at radius 3 is 2.93 bits per heavy atom. The van der Waals surface area contributed by atoms with Crippen LogP contribution >= 0.6 is 0 Å². The summed E-state index contributed by atoms with van der Waals surface area (Å²) in [6, 6.07) is 14.0. The summed E-state index contributed by atoms with van der Waals surface area (Å²) in [5.41, 5.74) is 1.17. The smallest absolute Gasteiger partial charge is 0.193 e. The van der Waals surface area contributed by atoms with Gasteiger partial charge in [-0.15, -0.1) is 0 Å². The number of ether oxygens (including phenoxy) is 2. The molecule has 0 spiro atoms. The van der Waals surface area contributed by atoms with Gasteiger partial charge in [-0.25, -0.2) is 4.98 Å². The van der Waals surface area contributed by atoms with Gasteiger partial charge in [0.15, 0.2) is 5.96 Å². The minimum atomic E-state index is 0.234. The lowest BCUT2D eigenvalue weighted by atomic mass is 10.2. The SMILES string of the molecule is CN=C(NCc1ccnc(N2CCOC(C)C2)c1)N(C)CCOc1ccccc1. The van der Waals surface area contributed by atoms with Crippen LogP contribution in [0.3, 0.4) is 0 Å². The predicted molar refractivity (Wildman–Crippen MR) is 117 cm³/mol. The average molecular weight is 398 g/mol. The van der Waals surface area contributed by atoms with Crippen LogP contribution in [0.15, 0.2) is 53.7 Å². The number of guanidine groups is 1. The van der Waals surface area contributed by atoms with Crippen LogP contribution in [-0.2, 0) is 11.3 Å². The molecule has 0 amide bonds. The number of morpholine rings is 1. The molecular weight excluding hydrogens is 366 g/mol. The first-order valence-electron chi connectivity index (χ1n) is 10.1. The van der Waals surface area contributed by atoms with E-state index >= 15 is 0 Å². The van der Waals surface area contributed by atoms with E-state index in [0.29, 0.717) is 13.2 Å². The number of para-hydroxylation sites is 1. The summed E-state index contributed by atoms with van der Waals surface area (Å²) in [6.07, 6.45) is 2.10. The molecule has 7 heteroatoms. The summed E-state index contributed by atoms with van der Waals surface area (Å²) in [7, 11) is 3.81. The maximum absolute atomic E-state index is 5.78. The Kier molecular flexibility index (Phi) is 7.69. The summed E-state index contributed by atoms with van der Waals surface area (Å²) < 4.78 is 11.4. The fraction of sp³-hybridized carbons (Fsp3) is 0.455. The Morgan fingerprint density at radius 2 is 2.17 bits per heavy atom. The van der Waals surface area contributed by atoms with Gasteiger partial charge in [0.05, 0.1) is 19.3 Å². The number of hydrogen-bond acceptors (Lipinski definition) is 5. The van der Waals surface area contributed by atoms with Gasteiger partial charge in [-0.2, -0.15) is 0 Å². The zero-order chi connectivity index (χ0) is 20.5. The molecule has 1 saturated heterocycles. The largest absolute Gasteiger partial charge is 0.492 e. The van der Waals surface area contributed by atoms with E-state index in [1.165, 1.54) is 5.56 Å². The maximum atomic E-state index is 5.78. The second kappa shape index (κ2) is 10.7. The first-order valence-corrected chi connectivity index (χ1v) is 10.1. The maximum Gasteiger partial charge on any atom is 0.193 e. The van der Waals surface area contributed by atoms with Crippen molar-refractivity contribution in [2.75, 3.05) is 51.8 Å². The van der Waals surface area contributed by atoms with Crippen LogP contribution in [0.25, 0.3) is 0 Å². The second-order valence-electron chi connectivity index (χ2n) is 7.13. The molecule has 1 aromatic carbocycles. The quantitative estimate of drug-likeness (QED) is 0.572. The van der Waals surface area contributed by atoms with Crippen LogP contribution in [0.1, 0.15) is 12.5 Å². The van der Waals surface area contributed by atoms with Gasteiger partial charge in [0, 0.05) is 39.9 Å². The van der Waals surface area contributed by atoms with E-state index in [4.69, 9.17) is 9.47 Å². The van der Waals surface area contributed by atoms with Gasteiger partial charge in [0.1, 0.15) is 18.2 Å². The molecule has 1 aliphatic heterocycles. The highest BCUT2D eigenvalue weighted by molar-refractivity contribution is 5.79. The van der Waals surface area contributed by atoms with Crippen molar-refractivity contribution < 1.29 is 9.47 Å². The van der Waals surface area contributed by atoms with Gasteiger partial charge in [-0.1, -0.05) is 18.2 Å².